The van der Waals surface area contributed by atoms with Crippen LogP contribution in [0.3, 0.4) is 0 Å². The molecule has 0 spiro atoms. The van der Waals surface area contributed by atoms with Crippen molar-refractivity contribution in [1.29, 1.82) is 0 Å². The Morgan fingerprint density at radius 1 is 1.15 bits per heavy atom. The molecule has 0 fully saturated rings. The quantitative estimate of drug-likeness (QED) is 0.491. The summed E-state index contributed by atoms with van der Waals surface area (Å²) in [5.41, 5.74) is 1.19. The zero-order valence-electron chi connectivity index (χ0n) is 14.9. The molecule has 0 saturated heterocycles. The number of halogens is 2. The van der Waals surface area contributed by atoms with Crippen LogP contribution in [0.1, 0.15) is 5.56 Å². The Labute approximate surface area is 174 Å². The van der Waals surface area contributed by atoms with Crippen LogP contribution in [0.15, 0.2) is 47.4 Å². The second-order valence-electron chi connectivity index (χ2n) is 5.86. The topological polar surface area (TPSA) is 66.5 Å². The van der Waals surface area contributed by atoms with Crippen molar-refractivity contribution in [3.8, 4) is 0 Å². The maximum Gasteiger partial charge on any atom is 0.240 e. The fourth-order valence-corrected chi connectivity index (χ4v) is 4.13. The predicted molar refractivity (Wildman–Crippen MR) is 114 cm³/mol. The molecule has 0 radical (unpaired) electrons. The lowest BCUT2D eigenvalue weighted by Gasteiger charge is -2.22. The first-order chi connectivity index (χ1) is 12.7. The van der Waals surface area contributed by atoms with E-state index in [2.05, 4.69) is 5.32 Å². The van der Waals surface area contributed by atoms with E-state index in [1.165, 1.54) is 0 Å². The van der Waals surface area contributed by atoms with E-state index in [1.54, 1.807) is 42.1 Å². The zero-order chi connectivity index (χ0) is 20.0. The molecule has 1 N–H and O–H groups in total. The van der Waals surface area contributed by atoms with Gasteiger partial charge in [-0.3, -0.25) is 9.10 Å². The van der Waals surface area contributed by atoms with E-state index in [9.17, 15) is 13.2 Å². The highest BCUT2D eigenvalue weighted by molar-refractivity contribution is 7.99. The van der Waals surface area contributed by atoms with E-state index in [0.29, 0.717) is 28.0 Å². The van der Waals surface area contributed by atoms with Gasteiger partial charge in [0.15, 0.2) is 0 Å². The van der Waals surface area contributed by atoms with Gasteiger partial charge in [0.25, 0.3) is 0 Å². The minimum absolute atomic E-state index is 0.302. The van der Waals surface area contributed by atoms with Gasteiger partial charge in [-0.1, -0.05) is 29.3 Å². The highest BCUT2D eigenvalue weighted by atomic mass is 35.5. The molecule has 0 aliphatic carbocycles. The number of carbonyl (C=O) groups excluding carboxylic acids is 1. The summed E-state index contributed by atoms with van der Waals surface area (Å²) >= 11 is 13.5. The zero-order valence-corrected chi connectivity index (χ0v) is 18.1. The van der Waals surface area contributed by atoms with Crippen LogP contribution in [0.4, 0.5) is 5.69 Å². The lowest BCUT2D eigenvalue weighted by molar-refractivity contribution is -0.119. The van der Waals surface area contributed by atoms with Gasteiger partial charge in [0.05, 0.1) is 11.9 Å². The Hall–Kier alpha value is -1.41. The molecule has 5 nitrogen and oxygen atoms in total. The largest absolute Gasteiger partial charge is 0.354 e. The summed E-state index contributed by atoms with van der Waals surface area (Å²) in [6, 6.07) is 12.3. The molecule has 146 valence electrons. The number of anilines is 1. The second kappa shape index (κ2) is 9.68. The summed E-state index contributed by atoms with van der Waals surface area (Å²) < 4.78 is 25.2. The van der Waals surface area contributed by atoms with Crippen molar-refractivity contribution in [2.45, 2.75) is 11.8 Å². The van der Waals surface area contributed by atoms with Crippen LogP contribution < -0.4 is 9.62 Å². The summed E-state index contributed by atoms with van der Waals surface area (Å²) in [6.07, 6.45) is 1.06. The number of amides is 1. The van der Waals surface area contributed by atoms with Crippen LogP contribution in [-0.2, 0) is 14.8 Å². The minimum Gasteiger partial charge on any atom is -0.354 e. The molecular formula is C18H20Cl2N2O3S2. The highest BCUT2D eigenvalue weighted by Crippen LogP contribution is 2.24. The fraction of sp³-hybridized carbons (Fsp3) is 0.278. The molecule has 0 saturated carbocycles. The smallest absolute Gasteiger partial charge is 0.240 e. The van der Waals surface area contributed by atoms with Gasteiger partial charge in [0, 0.05) is 27.2 Å². The first-order valence-electron chi connectivity index (χ1n) is 8.06. The molecule has 1 amide bonds. The molecule has 0 aliphatic rings. The molecule has 0 aromatic heterocycles. The number of hydrogen-bond acceptors (Lipinski definition) is 4. The maximum absolute atomic E-state index is 12.2. The standard InChI is InChI=1S/C18H20Cl2N2O3S2/c1-13-3-6-15(11-17(13)20)22(27(2,24)25)12-18(23)21-9-10-26-16-7-4-14(19)5-8-16/h3-8,11H,9-10,12H2,1-2H3,(H,21,23). The molecule has 9 heteroatoms. The third kappa shape index (κ3) is 6.92. The highest BCUT2D eigenvalue weighted by Gasteiger charge is 2.21. The summed E-state index contributed by atoms with van der Waals surface area (Å²) in [7, 11) is -3.62. The summed E-state index contributed by atoms with van der Waals surface area (Å²) in [6.45, 7) is 1.93. The van der Waals surface area contributed by atoms with Crippen molar-refractivity contribution in [2.24, 2.45) is 0 Å². The maximum atomic E-state index is 12.2. The molecule has 2 rings (SSSR count). The van der Waals surface area contributed by atoms with Crippen LogP contribution in [-0.4, -0.2) is 39.4 Å². The van der Waals surface area contributed by atoms with Gasteiger partial charge in [0.2, 0.25) is 15.9 Å². The number of hydrogen-bond donors (Lipinski definition) is 1. The molecule has 0 bridgehead atoms. The average molecular weight is 447 g/mol. The fourth-order valence-electron chi connectivity index (χ4n) is 2.21. The van der Waals surface area contributed by atoms with Gasteiger partial charge in [-0.2, -0.15) is 0 Å². The van der Waals surface area contributed by atoms with Gasteiger partial charge in [-0.25, -0.2) is 8.42 Å². The summed E-state index contributed by atoms with van der Waals surface area (Å²) in [5, 5.41) is 3.85. The molecule has 0 aliphatic heterocycles. The third-order valence-electron chi connectivity index (χ3n) is 3.64. The SMILES string of the molecule is Cc1ccc(N(CC(=O)NCCSc2ccc(Cl)cc2)S(C)(=O)=O)cc1Cl. The molecule has 0 heterocycles. The van der Waals surface area contributed by atoms with Gasteiger partial charge in [0.1, 0.15) is 6.54 Å². The first-order valence-corrected chi connectivity index (χ1v) is 11.6. The number of nitrogens with one attached hydrogen (secondary N) is 1. The number of rotatable bonds is 8. The number of aryl methyl sites for hydroxylation is 1. The van der Waals surface area contributed by atoms with E-state index in [4.69, 9.17) is 23.2 Å². The number of benzene rings is 2. The normalized spacial score (nSPS) is 11.3. The lowest BCUT2D eigenvalue weighted by atomic mass is 10.2. The Morgan fingerprint density at radius 3 is 2.41 bits per heavy atom. The number of carbonyl (C=O) groups is 1. The Bertz CT molecular complexity index is 903. The van der Waals surface area contributed by atoms with Crippen molar-refractivity contribution in [3.05, 3.63) is 58.1 Å². The van der Waals surface area contributed by atoms with Crippen molar-refractivity contribution in [2.75, 3.05) is 29.4 Å². The van der Waals surface area contributed by atoms with Crippen LogP contribution >= 0.6 is 35.0 Å². The van der Waals surface area contributed by atoms with Gasteiger partial charge in [-0.15, -0.1) is 11.8 Å². The Balaban J connectivity index is 1.92. The van der Waals surface area contributed by atoms with Crippen LogP contribution in [0.2, 0.25) is 10.0 Å². The van der Waals surface area contributed by atoms with Crippen molar-refractivity contribution in [3.63, 3.8) is 0 Å². The number of nitrogens with zero attached hydrogens (tertiary/aromatic N) is 1. The Morgan fingerprint density at radius 2 is 1.81 bits per heavy atom. The van der Waals surface area contributed by atoms with Crippen molar-refractivity contribution >= 4 is 56.6 Å². The Kier molecular flexibility index (Phi) is 7.85. The first kappa shape index (κ1) is 21.9. The van der Waals surface area contributed by atoms with Gasteiger partial charge >= 0.3 is 0 Å². The molecular weight excluding hydrogens is 427 g/mol. The third-order valence-corrected chi connectivity index (χ3v) is 6.45. The minimum atomic E-state index is -3.62. The number of sulfonamides is 1. The molecule has 27 heavy (non-hydrogen) atoms. The average Bonchev–Trinajstić information content (AvgIpc) is 2.60. The van der Waals surface area contributed by atoms with Crippen molar-refractivity contribution in [1.82, 2.24) is 5.32 Å². The molecule has 2 aromatic carbocycles. The van der Waals surface area contributed by atoms with E-state index in [0.717, 1.165) is 21.0 Å². The lowest BCUT2D eigenvalue weighted by Crippen LogP contribution is -2.41. The summed E-state index contributed by atoms with van der Waals surface area (Å²) in [5.74, 6) is 0.275. The van der Waals surface area contributed by atoms with Crippen LogP contribution in [0.5, 0.6) is 0 Å². The van der Waals surface area contributed by atoms with Gasteiger partial charge in [-0.05, 0) is 48.9 Å². The van der Waals surface area contributed by atoms with Gasteiger partial charge < -0.3 is 5.32 Å². The second-order valence-corrected chi connectivity index (χ2v) is 9.77. The molecule has 0 unspecified atom stereocenters. The van der Waals surface area contributed by atoms with E-state index < -0.39 is 10.0 Å². The number of thioether (sulfide) groups is 1. The van der Waals surface area contributed by atoms with E-state index >= 15 is 0 Å². The predicted octanol–water partition coefficient (Wildman–Crippen LogP) is 3.98. The van der Waals surface area contributed by atoms with Crippen LogP contribution in [0.25, 0.3) is 0 Å². The van der Waals surface area contributed by atoms with Crippen molar-refractivity contribution < 1.29 is 13.2 Å². The van der Waals surface area contributed by atoms with Crippen LogP contribution in [0, 0.1) is 6.92 Å². The molecule has 2 aromatic rings. The monoisotopic (exact) mass is 446 g/mol. The molecule has 0 atom stereocenters. The summed E-state index contributed by atoms with van der Waals surface area (Å²) in [4.78, 5) is 13.2. The van der Waals surface area contributed by atoms with E-state index in [-0.39, 0.29) is 12.5 Å². The van der Waals surface area contributed by atoms with E-state index in [1.807, 2.05) is 19.1 Å².